The summed E-state index contributed by atoms with van der Waals surface area (Å²) in [6, 6.07) is 0. The molecule has 1 saturated carbocycles. The van der Waals surface area contributed by atoms with E-state index >= 15 is 0 Å². The fourth-order valence-electron chi connectivity index (χ4n) is 2.39. The van der Waals surface area contributed by atoms with E-state index in [-0.39, 0.29) is 0 Å². The Balaban J connectivity index is 2.15. The van der Waals surface area contributed by atoms with Crippen molar-refractivity contribution in [2.45, 2.75) is 38.5 Å². The lowest BCUT2D eigenvalue weighted by Crippen LogP contribution is -2.34. The van der Waals surface area contributed by atoms with Gasteiger partial charge in [-0.05, 0) is 31.2 Å². The van der Waals surface area contributed by atoms with Crippen LogP contribution in [0.2, 0.25) is 0 Å². The molecule has 0 heterocycles. The van der Waals surface area contributed by atoms with Crippen LogP contribution in [-0.2, 0) is 9.47 Å². The summed E-state index contributed by atoms with van der Waals surface area (Å²) in [5.41, 5.74) is 6.28. The zero-order valence-electron chi connectivity index (χ0n) is 9.96. The van der Waals surface area contributed by atoms with Gasteiger partial charge in [-0.2, -0.15) is 0 Å². The maximum Gasteiger partial charge on any atom is 0.0700 e. The molecule has 0 radical (unpaired) electrons. The molecule has 0 amide bonds. The van der Waals surface area contributed by atoms with Crippen LogP contribution in [0.4, 0.5) is 0 Å². The van der Waals surface area contributed by atoms with Crippen molar-refractivity contribution < 1.29 is 9.47 Å². The second-order valence-corrected chi connectivity index (χ2v) is 4.62. The zero-order chi connectivity index (χ0) is 11.0. The average molecular weight is 215 g/mol. The van der Waals surface area contributed by atoms with E-state index in [4.69, 9.17) is 15.2 Å². The van der Waals surface area contributed by atoms with Gasteiger partial charge in [0.1, 0.15) is 0 Å². The molecular weight excluding hydrogens is 190 g/mol. The summed E-state index contributed by atoms with van der Waals surface area (Å²) in [6.07, 6.45) is 7.76. The number of hydrogen-bond donors (Lipinski definition) is 1. The first kappa shape index (κ1) is 12.9. The molecule has 0 aromatic rings. The average Bonchev–Trinajstić information content (AvgIpc) is 2.30. The highest BCUT2D eigenvalue weighted by Gasteiger charge is 2.29. The van der Waals surface area contributed by atoms with Crippen molar-refractivity contribution in [3.8, 4) is 0 Å². The Hall–Kier alpha value is -0.120. The van der Waals surface area contributed by atoms with Gasteiger partial charge < -0.3 is 15.2 Å². The Morgan fingerprint density at radius 3 is 2.40 bits per heavy atom. The second kappa shape index (κ2) is 7.20. The van der Waals surface area contributed by atoms with Crippen molar-refractivity contribution in [1.29, 1.82) is 0 Å². The van der Waals surface area contributed by atoms with Crippen molar-refractivity contribution in [3.63, 3.8) is 0 Å². The van der Waals surface area contributed by atoms with E-state index in [0.29, 0.717) is 18.6 Å². The van der Waals surface area contributed by atoms with Gasteiger partial charge in [0.15, 0.2) is 0 Å². The standard InChI is InChI=1S/C12H25NO2/c1-14-9-10-15-8-7-12(11-13)5-3-2-4-6-12/h2-11,13H2,1H3. The smallest absolute Gasteiger partial charge is 0.0700 e. The van der Waals surface area contributed by atoms with Crippen LogP contribution in [-0.4, -0.2) is 33.5 Å². The molecule has 2 N–H and O–H groups in total. The fourth-order valence-corrected chi connectivity index (χ4v) is 2.39. The lowest BCUT2D eigenvalue weighted by Gasteiger charge is -2.36. The van der Waals surface area contributed by atoms with Crippen molar-refractivity contribution in [3.05, 3.63) is 0 Å². The van der Waals surface area contributed by atoms with E-state index in [1.807, 2.05) is 0 Å². The van der Waals surface area contributed by atoms with Crippen molar-refractivity contribution >= 4 is 0 Å². The summed E-state index contributed by atoms with van der Waals surface area (Å²) >= 11 is 0. The van der Waals surface area contributed by atoms with Crippen LogP contribution < -0.4 is 5.73 Å². The molecule has 0 aromatic carbocycles. The van der Waals surface area contributed by atoms with Gasteiger partial charge in [-0.25, -0.2) is 0 Å². The van der Waals surface area contributed by atoms with Crippen LogP contribution in [0.5, 0.6) is 0 Å². The number of rotatable bonds is 7. The maximum atomic E-state index is 5.90. The van der Waals surface area contributed by atoms with E-state index in [1.165, 1.54) is 32.1 Å². The maximum absolute atomic E-state index is 5.90. The molecule has 0 spiro atoms. The summed E-state index contributed by atoms with van der Waals surface area (Å²) in [7, 11) is 1.70. The first-order chi connectivity index (χ1) is 7.33. The second-order valence-electron chi connectivity index (χ2n) is 4.62. The molecule has 0 saturated heterocycles. The Labute approximate surface area is 93.3 Å². The molecule has 1 aliphatic carbocycles. The van der Waals surface area contributed by atoms with Crippen molar-refractivity contribution in [1.82, 2.24) is 0 Å². The van der Waals surface area contributed by atoms with Crippen molar-refractivity contribution in [2.24, 2.45) is 11.1 Å². The highest BCUT2D eigenvalue weighted by Crippen LogP contribution is 2.38. The summed E-state index contributed by atoms with van der Waals surface area (Å²) in [6.45, 7) is 3.05. The number of methoxy groups -OCH3 is 1. The lowest BCUT2D eigenvalue weighted by atomic mass is 9.72. The summed E-state index contributed by atoms with van der Waals surface area (Å²) in [5, 5.41) is 0. The van der Waals surface area contributed by atoms with Crippen LogP contribution >= 0.6 is 0 Å². The third kappa shape index (κ3) is 4.49. The highest BCUT2D eigenvalue weighted by molar-refractivity contribution is 4.83. The van der Waals surface area contributed by atoms with E-state index < -0.39 is 0 Å². The molecule has 0 aromatic heterocycles. The highest BCUT2D eigenvalue weighted by atomic mass is 16.5. The molecule has 0 unspecified atom stereocenters. The molecule has 15 heavy (non-hydrogen) atoms. The molecule has 0 aliphatic heterocycles. The monoisotopic (exact) mass is 215 g/mol. The molecule has 3 heteroatoms. The number of ether oxygens (including phenoxy) is 2. The van der Waals surface area contributed by atoms with Crippen LogP contribution in [0, 0.1) is 5.41 Å². The molecule has 1 fully saturated rings. The van der Waals surface area contributed by atoms with Gasteiger partial charge in [-0.15, -0.1) is 0 Å². The first-order valence-electron chi connectivity index (χ1n) is 6.10. The molecule has 0 atom stereocenters. The van der Waals surface area contributed by atoms with E-state index in [2.05, 4.69) is 0 Å². The minimum Gasteiger partial charge on any atom is -0.382 e. The summed E-state index contributed by atoms with van der Waals surface area (Å²) < 4.78 is 10.5. The lowest BCUT2D eigenvalue weighted by molar-refractivity contribution is 0.0438. The van der Waals surface area contributed by atoms with Gasteiger partial charge in [0, 0.05) is 13.7 Å². The molecule has 90 valence electrons. The normalized spacial score (nSPS) is 20.4. The van der Waals surface area contributed by atoms with Crippen LogP contribution in [0.3, 0.4) is 0 Å². The molecule has 0 bridgehead atoms. The fraction of sp³-hybridized carbons (Fsp3) is 1.00. The largest absolute Gasteiger partial charge is 0.382 e. The minimum absolute atomic E-state index is 0.380. The minimum atomic E-state index is 0.380. The first-order valence-corrected chi connectivity index (χ1v) is 6.10. The van der Waals surface area contributed by atoms with Gasteiger partial charge in [-0.1, -0.05) is 19.3 Å². The van der Waals surface area contributed by atoms with Gasteiger partial charge in [0.25, 0.3) is 0 Å². The number of hydrogen-bond acceptors (Lipinski definition) is 3. The SMILES string of the molecule is COCCOCCC1(CN)CCCCC1. The molecule has 1 aliphatic rings. The molecule has 3 nitrogen and oxygen atoms in total. The van der Waals surface area contributed by atoms with Gasteiger partial charge in [0.2, 0.25) is 0 Å². The zero-order valence-corrected chi connectivity index (χ0v) is 9.96. The molecular formula is C12H25NO2. The van der Waals surface area contributed by atoms with E-state index in [9.17, 15) is 0 Å². The van der Waals surface area contributed by atoms with E-state index in [0.717, 1.165) is 19.6 Å². The summed E-state index contributed by atoms with van der Waals surface area (Å²) in [5.74, 6) is 0. The Morgan fingerprint density at radius 2 is 1.80 bits per heavy atom. The summed E-state index contributed by atoms with van der Waals surface area (Å²) in [4.78, 5) is 0. The number of nitrogens with two attached hydrogens (primary N) is 1. The van der Waals surface area contributed by atoms with E-state index in [1.54, 1.807) is 7.11 Å². The Bertz CT molecular complexity index is 156. The third-order valence-corrected chi connectivity index (χ3v) is 3.56. The van der Waals surface area contributed by atoms with Crippen LogP contribution in [0.25, 0.3) is 0 Å². The molecule has 1 rings (SSSR count). The van der Waals surface area contributed by atoms with Gasteiger partial charge in [0.05, 0.1) is 13.2 Å². The predicted octanol–water partition coefficient (Wildman–Crippen LogP) is 1.95. The van der Waals surface area contributed by atoms with Crippen molar-refractivity contribution in [2.75, 3.05) is 33.5 Å². The topological polar surface area (TPSA) is 44.5 Å². The van der Waals surface area contributed by atoms with Gasteiger partial charge in [-0.3, -0.25) is 0 Å². The third-order valence-electron chi connectivity index (χ3n) is 3.56. The van der Waals surface area contributed by atoms with Crippen LogP contribution in [0.15, 0.2) is 0 Å². The predicted molar refractivity (Wildman–Crippen MR) is 61.9 cm³/mol. The quantitative estimate of drug-likeness (QED) is 0.660. The Kier molecular flexibility index (Phi) is 6.22. The Morgan fingerprint density at radius 1 is 1.07 bits per heavy atom. The van der Waals surface area contributed by atoms with Gasteiger partial charge >= 0.3 is 0 Å². The van der Waals surface area contributed by atoms with Crippen LogP contribution in [0.1, 0.15) is 38.5 Å².